The predicted molar refractivity (Wildman–Crippen MR) is 126 cm³/mol. The SMILES string of the molecule is CCNC(=NCCc1ccc(OC)cc1O)N1CC2OCCN(Cc3ccccc3)C2C1. The molecule has 2 fully saturated rings. The molecule has 32 heavy (non-hydrogen) atoms. The molecule has 2 saturated heterocycles. The summed E-state index contributed by atoms with van der Waals surface area (Å²) in [6.07, 6.45) is 0.865. The number of hydrogen-bond donors (Lipinski definition) is 2. The maximum Gasteiger partial charge on any atom is 0.194 e. The molecule has 2 heterocycles. The first-order valence-electron chi connectivity index (χ1n) is 11.5. The van der Waals surface area contributed by atoms with Gasteiger partial charge in [0.1, 0.15) is 11.5 Å². The lowest BCUT2D eigenvalue weighted by Gasteiger charge is -2.36. The Bertz CT molecular complexity index is 905. The number of methoxy groups -OCH3 is 1. The topological polar surface area (TPSA) is 69.6 Å². The fourth-order valence-corrected chi connectivity index (χ4v) is 4.54. The molecule has 0 bridgehead atoms. The lowest BCUT2D eigenvalue weighted by atomic mass is 10.1. The lowest BCUT2D eigenvalue weighted by molar-refractivity contribution is -0.0502. The van der Waals surface area contributed by atoms with Crippen LogP contribution in [-0.2, 0) is 17.7 Å². The summed E-state index contributed by atoms with van der Waals surface area (Å²) < 4.78 is 11.3. The second-order valence-corrected chi connectivity index (χ2v) is 8.32. The van der Waals surface area contributed by atoms with Gasteiger partial charge in [0.05, 0.1) is 25.9 Å². The molecule has 0 aromatic heterocycles. The van der Waals surface area contributed by atoms with Gasteiger partial charge < -0.3 is 24.8 Å². The summed E-state index contributed by atoms with van der Waals surface area (Å²) in [5, 5.41) is 13.7. The molecule has 2 unspecified atom stereocenters. The molecule has 4 rings (SSSR count). The molecule has 2 aromatic carbocycles. The quantitative estimate of drug-likeness (QED) is 0.511. The molecule has 2 aromatic rings. The maximum atomic E-state index is 10.2. The Morgan fingerprint density at radius 2 is 2.06 bits per heavy atom. The molecule has 0 aliphatic carbocycles. The van der Waals surface area contributed by atoms with Crippen molar-refractivity contribution in [3.63, 3.8) is 0 Å². The first kappa shape index (κ1) is 22.4. The Kier molecular flexibility index (Phi) is 7.50. The van der Waals surface area contributed by atoms with E-state index in [0.29, 0.717) is 24.8 Å². The van der Waals surface area contributed by atoms with Crippen molar-refractivity contribution in [2.75, 3.05) is 46.4 Å². The predicted octanol–water partition coefficient (Wildman–Crippen LogP) is 2.49. The van der Waals surface area contributed by atoms with E-state index in [0.717, 1.165) is 50.9 Å². The molecule has 0 radical (unpaired) electrons. The average molecular weight is 439 g/mol. The van der Waals surface area contributed by atoms with E-state index in [4.69, 9.17) is 14.5 Å². The molecular formula is C25H34N4O3. The summed E-state index contributed by atoms with van der Waals surface area (Å²) in [7, 11) is 1.60. The maximum absolute atomic E-state index is 10.2. The molecule has 172 valence electrons. The van der Waals surface area contributed by atoms with Gasteiger partial charge in [-0.3, -0.25) is 9.89 Å². The van der Waals surface area contributed by atoms with Crippen LogP contribution < -0.4 is 10.1 Å². The van der Waals surface area contributed by atoms with Gasteiger partial charge in [-0.1, -0.05) is 36.4 Å². The number of hydrogen-bond acceptors (Lipinski definition) is 5. The number of nitrogens with zero attached hydrogens (tertiary/aromatic N) is 3. The largest absolute Gasteiger partial charge is 0.508 e. The van der Waals surface area contributed by atoms with Gasteiger partial charge in [-0.2, -0.15) is 0 Å². The molecule has 7 heteroatoms. The minimum atomic E-state index is 0.196. The molecule has 0 spiro atoms. The van der Waals surface area contributed by atoms with Crippen LogP contribution in [0.4, 0.5) is 0 Å². The van der Waals surface area contributed by atoms with Crippen LogP contribution in [0.25, 0.3) is 0 Å². The van der Waals surface area contributed by atoms with Crippen LogP contribution in [0.2, 0.25) is 0 Å². The van der Waals surface area contributed by atoms with Crippen molar-refractivity contribution in [1.82, 2.24) is 15.1 Å². The number of phenolic OH excluding ortho intramolecular Hbond substituents is 1. The van der Waals surface area contributed by atoms with Crippen molar-refractivity contribution in [3.05, 3.63) is 59.7 Å². The summed E-state index contributed by atoms with van der Waals surface area (Å²) >= 11 is 0. The molecule has 2 aliphatic rings. The van der Waals surface area contributed by atoms with E-state index in [9.17, 15) is 5.11 Å². The zero-order chi connectivity index (χ0) is 22.3. The monoisotopic (exact) mass is 438 g/mol. The van der Waals surface area contributed by atoms with Gasteiger partial charge in [-0.15, -0.1) is 0 Å². The van der Waals surface area contributed by atoms with Crippen LogP contribution in [0.15, 0.2) is 53.5 Å². The van der Waals surface area contributed by atoms with Crippen LogP contribution in [-0.4, -0.2) is 79.5 Å². The van der Waals surface area contributed by atoms with Gasteiger partial charge in [0, 0.05) is 45.3 Å². The second-order valence-electron chi connectivity index (χ2n) is 8.32. The van der Waals surface area contributed by atoms with Gasteiger partial charge >= 0.3 is 0 Å². The van der Waals surface area contributed by atoms with Crippen molar-refractivity contribution < 1.29 is 14.6 Å². The highest BCUT2D eigenvalue weighted by molar-refractivity contribution is 5.80. The number of aromatic hydroxyl groups is 1. The fourth-order valence-electron chi connectivity index (χ4n) is 4.54. The third kappa shape index (κ3) is 5.34. The van der Waals surface area contributed by atoms with E-state index in [2.05, 4.69) is 52.4 Å². The second kappa shape index (κ2) is 10.7. The van der Waals surface area contributed by atoms with Crippen molar-refractivity contribution in [2.24, 2.45) is 4.99 Å². The number of phenols is 1. The molecule has 0 saturated carbocycles. The number of guanidine groups is 1. The summed E-state index contributed by atoms with van der Waals surface area (Å²) in [6, 6.07) is 16.4. The zero-order valence-corrected chi connectivity index (χ0v) is 19.0. The van der Waals surface area contributed by atoms with Crippen LogP contribution >= 0.6 is 0 Å². The Morgan fingerprint density at radius 3 is 2.81 bits per heavy atom. The highest BCUT2D eigenvalue weighted by atomic mass is 16.5. The summed E-state index contributed by atoms with van der Waals surface area (Å²) in [6.45, 7) is 7.92. The first-order valence-corrected chi connectivity index (χ1v) is 11.5. The van der Waals surface area contributed by atoms with E-state index in [1.54, 1.807) is 13.2 Å². The van der Waals surface area contributed by atoms with Crippen LogP contribution in [0, 0.1) is 0 Å². The number of morpholine rings is 1. The number of aliphatic imine (C=N–C) groups is 1. The molecular weight excluding hydrogens is 404 g/mol. The van der Waals surface area contributed by atoms with Gasteiger partial charge in [-0.05, 0) is 30.5 Å². The molecule has 2 atom stereocenters. The van der Waals surface area contributed by atoms with E-state index in [1.165, 1.54) is 5.56 Å². The summed E-state index contributed by atoms with van der Waals surface area (Å²) in [5.74, 6) is 1.82. The van der Waals surface area contributed by atoms with Crippen molar-refractivity contribution >= 4 is 5.96 Å². The van der Waals surface area contributed by atoms with E-state index in [-0.39, 0.29) is 11.9 Å². The average Bonchev–Trinajstić information content (AvgIpc) is 3.25. The standard InChI is InChI=1S/C25H34N4O3/c1-3-26-25(27-12-11-20-9-10-21(31-2)15-23(20)30)29-17-22-24(18-29)32-14-13-28(22)16-19-7-5-4-6-8-19/h4-10,15,22,24,30H,3,11-14,16-18H2,1-2H3,(H,26,27). The smallest absolute Gasteiger partial charge is 0.194 e. The van der Waals surface area contributed by atoms with Crippen LogP contribution in [0.1, 0.15) is 18.1 Å². The molecule has 7 nitrogen and oxygen atoms in total. The number of likely N-dealkylation sites (tertiary alicyclic amines) is 1. The molecule has 2 aliphatic heterocycles. The van der Waals surface area contributed by atoms with Crippen molar-refractivity contribution in [1.29, 1.82) is 0 Å². The van der Waals surface area contributed by atoms with E-state index >= 15 is 0 Å². The Labute approximate surface area is 190 Å². The molecule has 0 amide bonds. The third-order valence-electron chi connectivity index (χ3n) is 6.21. The minimum Gasteiger partial charge on any atom is -0.508 e. The normalized spacial score (nSPS) is 21.4. The molecule has 2 N–H and O–H groups in total. The highest BCUT2D eigenvalue weighted by Gasteiger charge is 2.41. The lowest BCUT2D eigenvalue weighted by Crippen LogP contribution is -2.50. The Morgan fingerprint density at radius 1 is 1.22 bits per heavy atom. The van der Waals surface area contributed by atoms with Crippen molar-refractivity contribution in [2.45, 2.75) is 32.0 Å². The van der Waals surface area contributed by atoms with Crippen molar-refractivity contribution in [3.8, 4) is 11.5 Å². The van der Waals surface area contributed by atoms with Gasteiger partial charge in [0.25, 0.3) is 0 Å². The van der Waals surface area contributed by atoms with E-state index in [1.807, 2.05) is 12.1 Å². The number of benzene rings is 2. The third-order valence-corrected chi connectivity index (χ3v) is 6.21. The Balaban J connectivity index is 1.40. The first-order chi connectivity index (χ1) is 15.7. The summed E-state index contributed by atoms with van der Waals surface area (Å²) in [4.78, 5) is 9.72. The van der Waals surface area contributed by atoms with E-state index < -0.39 is 0 Å². The zero-order valence-electron chi connectivity index (χ0n) is 19.0. The van der Waals surface area contributed by atoms with Crippen LogP contribution in [0.3, 0.4) is 0 Å². The van der Waals surface area contributed by atoms with Gasteiger partial charge in [-0.25, -0.2) is 0 Å². The van der Waals surface area contributed by atoms with Crippen LogP contribution in [0.5, 0.6) is 11.5 Å². The number of fused-ring (bicyclic) bond motifs is 1. The Hall–Kier alpha value is -2.77. The van der Waals surface area contributed by atoms with Gasteiger partial charge in [0.15, 0.2) is 5.96 Å². The number of rotatable bonds is 7. The minimum absolute atomic E-state index is 0.196. The number of ether oxygens (including phenoxy) is 2. The van der Waals surface area contributed by atoms with Gasteiger partial charge in [0.2, 0.25) is 0 Å². The highest BCUT2D eigenvalue weighted by Crippen LogP contribution is 2.26. The number of nitrogens with one attached hydrogen (secondary N) is 1. The summed E-state index contributed by atoms with van der Waals surface area (Å²) in [5.41, 5.74) is 2.21. The fraction of sp³-hybridized carbons (Fsp3) is 0.480.